The number of nitrogens with one attached hydrogen (secondary N) is 2. The third-order valence-corrected chi connectivity index (χ3v) is 3.86. The number of rotatable bonds is 7. The van der Waals surface area contributed by atoms with E-state index in [1.54, 1.807) is 0 Å². The van der Waals surface area contributed by atoms with Gasteiger partial charge in [0.2, 0.25) is 0 Å². The topological polar surface area (TPSA) is 48.9 Å². The first-order valence-electron chi connectivity index (χ1n) is 8.54. The number of hydrogen-bond donors (Lipinski definition) is 2. The van der Waals surface area contributed by atoms with Crippen LogP contribution in [0, 0.1) is 5.92 Å². The highest BCUT2D eigenvalue weighted by molar-refractivity contribution is 5.80. The molecule has 1 aliphatic heterocycles. The molecule has 0 radical (unpaired) electrons. The van der Waals surface area contributed by atoms with Gasteiger partial charge in [0.1, 0.15) is 0 Å². The fourth-order valence-electron chi connectivity index (χ4n) is 2.70. The zero-order chi connectivity index (χ0) is 16.5. The van der Waals surface area contributed by atoms with Crippen molar-refractivity contribution < 1.29 is 4.74 Å². The molecule has 0 amide bonds. The average molecular weight is 318 g/mol. The highest BCUT2D eigenvalue weighted by Crippen LogP contribution is 2.19. The van der Waals surface area contributed by atoms with Gasteiger partial charge in [0.25, 0.3) is 0 Å². The van der Waals surface area contributed by atoms with Crippen LogP contribution in [-0.2, 0) is 4.74 Å². The van der Waals surface area contributed by atoms with Gasteiger partial charge in [-0.05, 0) is 24.5 Å². The van der Waals surface area contributed by atoms with Crippen LogP contribution in [0.1, 0.15) is 20.3 Å². The monoisotopic (exact) mass is 318 g/mol. The minimum atomic E-state index is 0.429. The molecule has 1 unspecified atom stereocenters. The van der Waals surface area contributed by atoms with E-state index in [9.17, 15) is 0 Å². The fraction of sp³-hybridized carbons (Fsp3) is 0.611. The van der Waals surface area contributed by atoms with E-state index < -0.39 is 0 Å². The summed E-state index contributed by atoms with van der Waals surface area (Å²) in [6.45, 7) is 8.70. The predicted octanol–water partition coefficient (Wildman–Crippen LogP) is 2.10. The van der Waals surface area contributed by atoms with Gasteiger partial charge in [-0.3, -0.25) is 4.99 Å². The van der Waals surface area contributed by atoms with Crippen LogP contribution in [0.25, 0.3) is 0 Å². The fourth-order valence-corrected chi connectivity index (χ4v) is 2.70. The van der Waals surface area contributed by atoms with Crippen LogP contribution in [0.5, 0.6) is 0 Å². The number of aliphatic imine (C=N–C) groups is 1. The summed E-state index contributed by atoms with van der Waals surface area (Å²) >= 11 is 0. The molecule has 1 aromatic rings. The zero-order valence-corrected chi connectivity index (χ0v) is 14.6. The summed E-state index contributed by atoms with van der Waals surface area (Å²) in [7, 11) is 1.81. The second-order valence-electron chi connectivity index (χ2n) is 6.38. The van der Waals surface area contributed by atoms with Crippen molar-refractivity contribution >= 4 is 11.6 Å². The molecule has 0 bridgehead atoms. The lowest BCUT2D eigenvalue weighted by molar-refractivity contribution is 0.114. The maximum atomic E-state index is 5.58. The largest absolute Gasteiger partial charge is 0.379 e. The molecule has 1 aromatic carbocycles. The smallest absolute Gasteiger partial charge is 0.191 e. The lowest BCUT2D eigenvalue weighted by Crippen LogP contribution is -2.45. The Morgan fingerprint density at radius 1 is 1.35 bits per heavy atom. The highest BCUT2D eigenvalue weighted by Gasteiger charge is 2.23. The summed E-state index contributed by atoms with van der Waals surface area (Å²) in [5.41, 5.74) is 1.29. The molecule has 0 aromatic heterocycles. The second-order valence-corrected chi connectivity index (χ2v) is 6.38. The molecule has 128 valence electrons. The van der Waals surface area contributed by atoms with Crippen LogP contribution < -0.4 is 15.5 Å². The van der Waals surface area contributed by atoms with E-state index >= 15 is 0 Å². The Morgan fingerprint density at radius 2 is 2.13 bits per heavy atom. The molecule has 5 nitrogen and oxygen atoms in total. The van der Waals surface area contributed by atoms with Crippen molar-refractivity contribution in [2.75, 3.05) is 44.8 Å². The molecule has 2 N–H and O–H groups in total. The number of ether oxygens (including phenoxy) is 1. The highest BCUT2D eigenvalue weighted by atomic mass is 16.5. The first-order chi connectivity index (χ1) is 11.2. The van der Waals surface area contributed by atoms with E-state index in [0.29, 0.717) is 18.6 Å². The lowest BCUT2D eigenvalue weighted by atomic mass is 10.2. The SMILES string of the molecule is CN=C(NCCOCC(C)C)NC1CCN(c2ccccc2)C1. The summed E-state index contributed by atoms with van der Waals surface area (Å²) in [4.78, 5) is 6.72. The number of guanidine groups is 1. The van der Waals surface area contributed by atoms with Crippen molar-refractivity contribution in [3.8, 4) is 0 Å². The van der Waals surface area contributed by atoms with E-state index in [0.717, 1.165) is 38.6 Å². The number of para-hydroxylation sites is 1. The van der Waals surface area contributed by atoms with E-state index in [1.807, 2.05) is 7.05 Å². The number of anilines is 1. The third kappa shape index (κ3) is 6.10. The quantitative estimate of drug-likeness (QED) is 0.459. The molecule has 1 fully saturated rings. The van der Waals surface area contributed by atoms with E-state index in [-0.39, 0.29) is 0 Å². The van der Waals surface area contributed by atoms with Gasteiger partial charge in [-0.25, -0.2) is 0 Å². The Bertz CT molecular complexity index is 475. The van der Waals surface area contributed by atoms with Gasteiger partial charge in [0, 0.05) is 45.0 Å². The summed E-state index contributed by atoms with van der Waals surface area (Å²) in [6, 6.07) is 11.0. The van der Waals surface area contributed by atoms with Crippen molar-refractivity contribution in [2.24, 2.45) is 10.9 Å². The van der Waals surface area contributed by atoms with Gasteiger partial charge < -0.3 is 20.3 Å². The molecule has 0 aliphatic carbocycles. The lowest BCUT2D eigenvalue weighted by Gasteiger charge is -2.20. The van der Waals surface area contributed by atoms with E-state index in [4.69, 9.17) is 4.74 Å². The van der Waals surface area contributed by atoms with E-state index in [1.165, 1.54) is 5.69 Å². The summed E-state index contributed by atoms with van der Waals surface area (Å²) in [5.74, 6) is 1.44. The van der Waals surface area contributed by atoms with Crippen molar-refractivity contribution in [3.05, 3.63) is 30.3 Å². The minimum absolute atomic E-state index is 0.429. The molecular weight excluding hydrogens is 288 g/mol. The van der Waals surface area contributed by atoms with Gasteiger partial charge in [-0.1, -0.05) is 32.0 Å². The Morgan fingerprint density at radius 3 is 2.83 bits per heavy atom. The summed E-state index contributed by atoms with van der Waals surface area (Å²) < 4.78 is 5.58. The average Bonchev–Trinajstić information content (AvgIpc) is 3.02. The van der Waals surface area contributed by atoms with Gasteiger partial charge in [0.15, 0.2) is 5.96 Å². The molecule has 1 atom stereocenters. The molecule has 0 spiro atoms. The Labute approximate surface area is 140 Å². The Hall–Kier alpha value is -1.75. The number of hydrogen-bond acceptors (Lipinski definition) is 3. The van der Waals surface area contributed by atoms with Gasteiger partial charge in [0.05, 0.1) is 6.61 Å². The molecule has 2 rings (SSSR count). The van der Waals surface area contributed by atoms with Crippen molar-refractivity contribution in [2.45, 2.75) is 26.3 Å². The van der Waals surface area contributed by atoms with Crippen LogP contribution >= 0.6 is 0 Å². The first kappa shape index (κ1) is 17.6. The van der Waals surface area contributed by atoms with Crippen LogP contribution in [0.2, 0.25) is 0 Å². The molecule has 1 heterocycles. The molecule has 23 heavy (non-hydrogen) atoms. The number of nitrogens with zero attached hydrogens (tertiary/aromatic N) is 2. The van der Waals surface area contributed by atoms with Gasteiger partial charge in [-0.15, -0.1) is 0 Å². The van der Waals surface area contributed by atoms with Crippen molar-refractivity contribution in [1.29, 1.82) is 0 Å². The standard InChI is InChI=1S/C18H30N4O/c1-15(2)14-23-12-10-20-18(19-3)21-16-9-11-22(13-16)17-7-5-4-6-8-17/h4-8,15-16H,9-14H2,1-3H3,(H2,19,20,21). The molecule has 1 aliphatic rings. The van der Waals surface area contributed by atoms with Gasteiger partial charge >= 0.3 is 0 Å². The first-order valence-corrected chi connectivity index (χ1v) is 8.54. The van der Waals surface area contributed by atoms with Crippen molar-refractivity contribution in [1.82, 2.24) is 10.6 Å². The zero-order valence-electron chi connectivity index (χ0n) is 14.6. The third-order valence-electron chi connectivity index (χ3n) is 3.86. The van der Waals surface area contributed by atoms with Gasteiger partial charge in [-0.2, -0.15) is 0 Å². The predicted molar refractivity (Wildman–Crippen MR) is 97.2 cm³/mol. The van der Waals surface area contributed by atoms with Crippen LogP contribution in [-0.4, -0.2) is 51.9 Å². The molecule has 1 saturated heterocycles. The van der Waals surface area contributed by atoms with Crippen LogP contribution in [0.3, 0.4) is 0 Å². The maximum Gasteiger partial charge on any atom is 0.191 e. The Balaban J connectivity index is 1.69. The number of benzene rings is 1. The molecule has 5 heteroatoms. The van der Waals surface area contributed by atoms with E-state index in [2.05, 4.69) is 64.7 Å². The van der Waals surface area contributed by atoms with Crippen LogP contribution in [0.4, 0.5) is 5.69 Å². The maximum absolute atomic E-state index is 5.58. The molecular formula is C18H30N4O. The Kier molecular flexibility index (Phi) is 7.20. The van der Waals surface area contributed by atoms with Crippen LogP contribution in [0.15, 0.2) is 35.3 Å². The summed E-state index contributed by atoms with van der Waals surface area (Å²) in [5, 5.41) is 6.83. The summed E-state index contributed by atoms with van der Waals surface area (Å²) in [6.07, 6.45) is 1.12. The minimum Gasteiger partial charge on any atom is -0.379 e. The normalized spacial score (nSPS) is 18.5. The van der Waals surface area contributed by atoms with Crippen molar-refractivity contribution in [3.63, 3.8) is 0 Å². The second kappa shape index (κ2) is 9.40. The molecule has 0 saturated carbocycles.